The highest BCUT2D eigenvalue weighted by Gasteiger charge is 2.17. The molecule has 0 saturated heterocycles. The summed E-state index contributed by atoms with van der Waals surface area (Å²) < 4.78 is 5.73. The van der Waals surface area contributed by atoms with Crippen LogP contribution >= 0.6 is 11.6 Å². The first kappa shape index (κ1) is 9.68. The van der Waals surface area contributed by atoms with Crippen molar-refractivity contribution in [1.82, 2.24) is 0 Å². The lowest BCUT2D eigenvalue weighted by molar-refractivity contribution is 0.581. The molecule has 1 nitrogen and oxygen atoms in total. The predicted molar refractivity (Wildman–Crippen MR) is 48.2 cm³/mol. The van der Waals surface area contributed by atoms with Crippen molar-refractivity contribution in [2.45, 2.75) is 26.2 Å². The third-order valence-corrected chi connectivity index (χ3v) is 6.95. The van der Waals surface area contributed by atoms with Crippen LogP contribution in [0.2, 0.25) is 26.2 Å². The molecule has 0 aromatic heterocycles. The fourth-order valence-electron chi connectivity index (χ4n) is 0.635. The molecule has 0 aliphatic rings. The van der Waals surface area contributed by atoms with Gasteiger partial charge in [0.05, 0.1) is 0 Å². The Morgan fingerprint density at radius 1 is 1.44 bits per heavy atom. The summed E-state index contributed by atoms with van der Waals surface area (Å²) in [6, 6.07) is 0. The van der Waals surface area contributed by atoms with Crippen LogP contribution in [0.25, 0.3) is 0 Å². The van der Waals surface area contributed by atoms with Crippen LogP contribution in [0, 0.1) is 0 Å². The quantitative estimate of drug-likeness (QED) is 0.479. The molecule has 0 aliphatic heterocycles. The van der Waals surface area contributed by atoms with E-state index in [2.05, 4.69) is 26.2 Å². The first-order chi connectivity index (χ1) is 3.95. The second-order valence-electron chi connectivity index (χ2n) is 3.20. The molecule has 1 atom stereocenters. The molecule has 0 N–H and O–H groups in total. The number of rotatable bonds is 3. The van der Waals surface area contributed by atoms with Gasteiger partial charge in [-0.1, -0.05) is 0 Å². The van der Waals surface area contributed by atoms with E-state index in [0.29, 0.717) is 0 Å². The molecule has 0 bridgehead atoms. The molecule has 0 rings (SSSR count). The molecule has 0 aromatic carbocycles. The maximum absolute atomic E-state index is 5.73. The fraction of sp³-hybridized carbons (Fsp3) is 1.00. The van der Waals surface area contributed by atoms with Gasteiger partial charge >= 0.3 is 0 Å². The van der Waals surface area contributed by atoms with E-state index in [4.69, 9.17) is 15.7 Å². The van der Waals surface area contributed by atoms with Crippen molar-refractivity contribution in [2.24, 2.45) is 0 Å². The van der Waals surface area contributed by atoms with E-state index < -0.39 is 17.4 Å². The van der Waals surface area contributed by atoms with E-state index in [0.717, 1.165) is 5.50 Å². The molecule has 0 aliphatic carbocycles. The summed E-state index contributed by atoms with van der Waals surface area (Å²) in [7, 11) is -2.24. The van der Waals surface area contributed by atoms with Crippen molar-refractivity contribution in [2.75, 3.05) is 5.50 Å². The van der Waals surface area contributed by atoms with Crippen molar-refractivity contribution < 1.29 is 4.12 Å². The Morgan fingerprint density at radius 2 is 1.89 bits per heavy atom. The van der Waals surface area contributed by atoms with Gasteiger partial charge in [0, 0.05) is 5.50 Å². The van der Waals surface area contributed by atoms with Crippen LogP contribution in [0.1, 0.15) is 0 Å². The van der Waals surface area contributed by atoms with Gasteiger partial charge in [0.1, 0.15) is 0 Å². The smallest absolute Gasteiger partial charge is 0.174 e. The minimum atomic E-state index is -1.26. The molecule has 0 fully saturated rings. The van der Waals surface area contributed by atoms with Gasteiger partial charge in [-0.15, -0.1) is 11.6 Å². The summed E-state index contributed by atoms with van der Waals surface area (Å²) in [5.41, 5.74) is 0.740. The molecular formula is C5H15ClOSi2. The third-order valence-electron chi connectivity index (χ3n) is 0.772. The Kier molecular flexibility index (Phi) is 4.04. The van der Waals surface area contributed by atoms with Crippen LogP contribution in [0.4, 0.5) is 0 Å². The van der Waals surface area contributed by atoms with Crippen LogP contribution in [0.5, 0.6) is 0 Å². The van der Waals surface area contributed by atoms with Gasteiger partial charge < -0.3 is 4.12 Å². The lowest BCUT2D eigenvalue weighted by Crippen LogP contribution is -2.34. The standard InChI is InChI=1S/C5H15ClOSi2/c1-8(5-6)7-9(2,3)4/h8H,5H2,1-4H3. The Bertz CT molecular complexity index is 81.5. The lowest BCUT2D eigenvalue weighted by Gasteiger charge is -2.21. The summed E-state index contributed by atoms with van der Waals surface area (Å²) in [6.07, 6.45) is 0. The maximum Gasteiger partial charge on any atom is 0.174 e. The van der Waals surface area contributed by atoms with Gasteiger partial charge in [-0.3, -0.25) is 0 Å². The largest absolute Gasteiger partial charge is 0.457 e. The topological polar surface area (TPSA) is 9.23 Å². The molecule has 56 valence electrons. The fourth-order valence-corrected chi connectivity index (χ4v) is 6.28. The summed E-state index contributed by atoms with van der Waals surface area (Å²) >= 11 is 5.62. The molecule has 0 amide bonds. The Morgan fingerprint density at radius 3 is 2.00 bits per heavy atom. The van der Waals surface area contributed by atoms with Crippen molar-refractivity contribution in [1.29, 1.82) is 0 Å². The van der Waals surface area contributed by atoms with E-state index in [1.807, 2.05) is 0 Å². The molecule has 0 saturated carbocycles. The summed E-state index contributed by atoms with van der Waals surface area (Å²) in [5.74, 6) is 0. The highest BCUT2D eigenvalue weighted by Crippen LogP contribution is 2.05. The normalized spacial score (nSPS) is 15.7. The zero-order chi connectivity index (χ0) is 7.49. The van der Waals surface area contributed by atoms with Crippen molar-refractivity contribution in [3.05, 3.63) is 0 Å². The van der Waals surface area contributed by atoms with Crippen molar-refractivity contribution in [3.8, 4) is 0 Å². The van der Waals surface area contributed by atoms with Crippen LogP contribution in [0.3, 0.4) is 0 Å². The van der Waals surface area contributed by atoms with E-state index >= 15 is 0 Å². The van der Waals surface area contributed by atoms with E-state index in [-0.39, 0.29) is 0 Å². The van der Waals surface area contributed by atoms with Gasteiger partial charge in [-0.2, -0.15) is 0 Å². The Hall–Kier alpha value is 0.684. The SMILES string of the molecule is C[SiH](CCl)O[Si](C)(C)C. The second kappa shape index (κ2) is 3.76. The lowest BCUT2D eigenvalue weighted by atomic mass is 11.8. The molecule has 0 aromatic rings. The van der Waals surface area contributed by atoms with Crippen molar-refractivity contribution >= 4 is 29.0 Å². The van der Waals surface area contributed by atoms with Crippen LogP contribution in [0.15, 0.2) is 0 Å². The molecule has 0 heterocycles. The van der Waals surface area contributed by atoms with Crippen LogP contribution < -0.4 is 0 Å². The Balaban J connectivity index is 3.47. The number of halogens is 1. The average Bonchev–Trinajstić information content (AvgIpc) is 1.62. The van der Waals surface area contributed by atoms with E-state index in [9.17, 15) is 0 Å². The van der Waals surface area contributed by atoms with Gasteiger partial charge in [0.25, 0.3) is 0 Å². The van der Waals surface area contributed by atoms with Gasteiger partial charge in [-0.25, -0.2) is 0 Å². The second-order valence-corrected chi connectivity index (χ2v) is 11.2. The summed E-state index contributed by atoms with van der Waals surface area (Å²) in [4.78, 5) is 0. The first-order valence-corrected chi connectivity index (χ1v) is 9.58. The Labute approximate surface area is 65.2 Å². The van der Waals surface area contributed by atoms with E-state index in [1.54, 1.807) is 0 Å². The molecule has 0 spiro atoms. The van der Waals surface area contributed by atoms with E-state index in [1.165, 1.54) is 0 Å². The average molecular weight is 183 g/mol. The monoisotopic (exact) mass is 182 g/mol. The van der Waals surface area contributed by atoms with Crippen molar-refractivity contribution in [3.63, 3.8) is 0 Å². The highest BCUT2D eigenvalue weighted by molar-refractivity contribution is 6.78. The zero-order valence-corrected chi connectivity index (χ0v) is 9.48. The number of hydrogen-bond acceptors (Lipinski definition) is 1. The zero-order valence-electron chi connectivity index (χ0n) is 6.57. The van der Waals surface area contributed by atoms with Crippen LogP contribution in [-0.2, 0) is 4.12 Å². The predicted octanol–water partition coefficient (Wildman–Crippen LogP) is 1.97. The van der Waals surface area contributed by atoms with Gasteiger partial charge in [0.2, 0.25) is 0 Å². The molecule has 1 unspecified atom stereocenters. The summed E-state index contributed by atoms with van der Waals surface area (Å²) in [5, 5.41) is 0. The molecule has 0 radical (unpaired) electrons. The minimum Gasteiger partial charge on any atom is -0.457 e. The summed E-state index contributed by atoms with van der Waals surface area (Å²) in [6.45, 7) is 8.74. The van der Waals surface area contributed by atoms with Gasteiger partial charge in [-0.05, 0) is 26.2 Å². The first-order valence-electron chi connectivity index (χ1n) is 3.19. The molecular weight excluding hydrogens is 168 g/mol. The number of hydrogen-bond donors (Lipinski definition) is 0. The molecule has 4 heteroatoms. The highest BCUT2D eigenvalue weighted by atomic mass is 35.5. The minimum absolute atomic E-state index is 0.740. The van der Waals surface area contributed by atoms with Gasteiger partial charge in [0.15, 0.2) is 17.4 Å². The molecule has 9 heavy (non-hydrogen) atoms. The maximum atomic E-state index is 5.73. The van der Waals surface area contributed by atoms with Crippen LogP contribution in [-0.4, -0.2) is 22.9 Å². The third kappa shape index (κ3) is 6.57. The number of alkyl halides is 1.